The Bertz CT molecular complexity index is 484. The largest absolute Gasteiger partial charge is 0.416 e. The highest BCUT2D eigenvalue weighted by atomic mass is 32.2. The van der Waals surface area contributed by atoms with E-state index in [1.807, 2.05) is 13.8 Å². The number of halogens is 3. The zero-order chi connectivity index (χ0) is 14.9. The number of nitrogens with zero attached hydrogens (tertiary/aromatic N) is 1. The number of carbonyl (C=O) groups excluding carboxylic acids is 1. The van der Waals surface area contributed by atoms with Gasteiger partial charge in [-0.3, -0.25) is 4.79 Å². The Labute approximate surface area is 120 Å². The molecule has 1 atom stereocenters. The fraction of sp³-hybridized carbons (Fsp3) is 0.500. The van der Waals surface area contributed by atoms with Crippen molar-refractivity contribution in [1.82, 2.24) is 4.90 Å². The Morgan fingerprint density at radius 1 is 1.30 bits per heavy atom. The number of carbonyl (C=O) groups is 1. The van der Waals surface area contributed by atoms with Crippen molar-refractivity contribution in [2.24, 2.45) is 5.92 Å². The summed E-state index contributed by atoms with van der Waals surface area (Å²) in [5, 5.41) is -0.174. The van der Waals surface area contributed by atoms with Gasteiger partial charge in [-0.05, 0) is 17.7 Å². The quantitative estimate of drug-likeness (QED) is 0.825. The molecule has 0 N–H and O–H groups in total. The molecular weight excluding hydrogens is 287 g/mol. The Morgan fingerprint density at radius 2 is 1.90 bits per heavy atom. The molecule has 1 fully saturated rings. The predicted octanol–water partition coefficient (Wildman–Crippen LogP) is 3.94. The average Bonchev–Trinajstić information content (AvgIpc) is 2.85. The van der Waals surface area contributed by atoms with Crippen LogP contribution < -0.4 is 0 Å². The van der Waals surface area contributed by atoms with Crippen molar-refractivity contribution >= 4 is 17.7 Å². The minimum absolute atomic E-state index is 0.0416. The lowest BCUT2D eigenvalue weighted by molar-refractivity contribution is -0.138. The summed E-state index contributed by atoms with van der Waals surface area (Å²) in [7, 11) is 0. The van der Waals surface area contributed by atoms with Gasteiger partial charge in [-0.2, -0.15) is 13.2 Å². The maximum Gasteiger partial charge on any atom is 0.416 e. The SMILES string of the molecule is CC(C)C(=O)N1CCSC1c1ccc(C(F)(F)F)cc1. The van der Waals surface area contributed by atoms with Crippen molar-refractivity contribution in [3.05, 3.63) is 35.4 Å². The van der Waals surface area contributed by atoms with Crippen molar-refractivity contribution < 1.29 is 18.0 Å². The van der Waals surface area contributed by atoms with E-state index in [2.05, 4.69) is 0 Å². The van der Waals surface area contributed by atoms with Gasteiger partial charge in [0.25, 0.3) is 0 Å². The molecule has 0 aliphatic carbocycles. The van der Waals surface area contributed by atoms with Crippen LogP contribution in [0.15, 0.2) is 24.3 Å². The first-order valence-electron chi connectivity index (χ1n) is 6.40. The first kappa shape index (κ1) is 15.2. The number of amides is 1. The zero-order valence-electron chi connectivity index (χ0n) is 11.3. The van der Waals surface area contributed by atoms with Gasteiger partial charge in [-0.25, -0.2) is 0 Å². The molecule has 1 aromatic rings. The molecular formula is C14H16F3NOS. The van der Waals surface area contributed by atoms with E-state index >= 15 is 0 Å². The van der Waals surface area contributed by atoms with Gasteiger partial charge < -0.3 is 4.90 Å². The molecule has 0 saturated carbocycles. The van der Waals surface area contributed by atoms with Crippen molar-refractivity contribution in [1.29, 1.82) is 0 Å². The number of hydrogen-bond acceptors (Lipinski definition) is 2. The third-order valence-corrected chi connectivity index (χ3v) is 4.45. The van der Waals surface area contributed by atoms with Gasteiger partial charge in [-0.15, -0.1) is 11.8 Å². The molecule has 20 heavy (non-hydrogen) atoms. The number of alkyl halides is 3. The van der Waals surface area contributed by atoms with Gasteiger partial charge >= 0.3 is 6.18 Å². The highest BCUT2D eigenvalue weighted by Gasteiger charge is 2.33. The van der Waals surface area contributed by atoms with Crippen molar-refractivity contribution in [3.8, 4) is 0 Å². The number of thioether (sulfide) groups is 1. The molecule has 1 aromatic carbocycles. The minimum atomic E-state index is -4.32. The van der Waals surface area contributed by atoms with E-state index in [4.69, 9.17) is 0 Å². The second-order valence-electron chi connectivity index (χ2n) is 5.03. The van der Waals surface area contributed by atoms with Crippen molar-refractivity contribution in [3.63, 3.8) is 0 Å². The summed E-state index contributed by atoms with van der Waals surface area (Å²) in [6.45, 7) is 4.30. The lowest BCUT2D eigenvalue weighted by atomic mass is 10.1. The smallest absolute Gasteiger partial charge is 0.326 e. The normalized spacial score (nSPS) is 19.7. The molecule has 2 nitrogen and oxygen atoms in total. The second-order valence-corrected chi connectivity index (χ2v) is 6.22. The van der Waals surface area contributed by atoms with Crippen LogP contribution in [0.25, 0.3) is 0 Å². The van der Waals surface area contributed by atoms with Crippen LogP contribution in [0.3, 0.4) is 0 Å². The third kappa shape index (κ3) is 3.11. The van der Waals surface area contributed by atoms with E-state index in [1.54, 1.807) is 16.7 Å². The van der Waals surface area contributed by atoms with Crippen LogP contribution in [0.2, 0.25) is 0 Å². The topological polar surface area (TPSA) is 20.3 Å². The first-order valence-corrected chi connectivity index (χ1v) is 7.45. The van der Waals surface area contributed by atoms with E-state index < -0.39 is 11.7 Å². The van der Waals surface area contributed by atoms with E-state index in [1.165, 1.54) is 12.1 Å². The predicted molar refractivity (Wildman–Crippen MR) is 73.2 cm³/mol. The standard InChI is InChI=1S/C14H16F3NOS/c1-9(2)12(19)18-7-8-20-13(18)10-3-5-11(6-4-10)14(15,16)17/h3-6,9,13H,7-8H2,1-2H3. The second kappa shape index (κ2) is 5.68. The molecule has 1 unspecified atom stereocenters. The summed E-state index contributed by atoms with van der Waals surface area (Å²) in [6, 6.07) is 5.08. The average molecular weight is 303 g/mol. The molecule has 6 heteroatoms. The summed E-state index contributed by atoms with van der Waals surface area (Å²) in [5.41, 5.74) is 0.0838. The molecule has 1 saturated heterocycles. The summed E-state index contributed by atoms with van der Waals surface area (Å²) in [5.74, 6) is 0.745. The van der Waals surface area contributed by atoms with Gasteiger partial charge in [-0.1, -0.05) is 26.0 Å². The number of hydrogen-bond donors (Lipinski definition) is 0. The molecule has 0 radical (unpaired) electrons. The summed E-state index contributed by atoms with van der Waals surface area (Å²) < 4.78 is 37.6. The maximum atomic E-state index is 12.5. The van der Waals surface area contributed by atoms with Gasteiger partial charge in [0.2, 0.25) is 5.91 Å². The van der Waals surface area contributed by atoms with E-state index in [9.17, 15) is 18.0 Å². The number of rotatable bonds is 2. The summed E-state index contributed by atoms with van der Waals surface area (Å²) >= 11 is 1.59. The van der Waals surface area contributed by atoms with Crippen molar-refractivity contribution in [2.75, 3.05) is 12.3 Å². The Morgan fingerprint density at radius 3 is 2.40 bits per heavy atom. The number of benzene rings is 1. The minimum Gasteiger partial charge on any atom is -0.326 e. The molecule has 2 rings (SSSR count). The van der Waals surface area contributed by atoms with Crippen LogP contribution in [0.5, 0.6) is 0 Å². The summed E-state index contributed by atoms with van der Waals surface area (Å²) in [4.78, 5) is 13.8. The van der Waals surface area contributed by atoms with Crippen LogP contribution >= 0.6 is 11.8 Å². The van der Waals surface area contributed by atoms with Crippen LogP contribution in [0.1, 0.15) is 30.3 Å². The lowest BCUT2D eigenvalue weighted by Gasteiger charge is -2.26. The molecule has 1 heterocycles. The fourth-order valence-corrected chi connectivity index (χ4v) is 3.40. The summed E-state index contributed by atoms with van der Waals surface area (Å²) in [6.07, 6.45) is -4.32. The van der Waals surface area contributed by atoms with Gasteiger partial charge in [0.15, 0.2) is 0 Å². The molecule has 1 aliphatic heterocycles. The Hall–Kier alpha value is -1.17. The lowest BCUT2D eigenvalue weighted by Crippen LogP contribution is -2.33. The molecule has 1 aliphatic rings. The van der Waals surface area contributed by atoms with Crippen LogP contribution in [-0.2, 0) is 11.0 Å². The Kier molecular flexibility index (Phi) is 4.32. The van der Waals surface area contributed by atoms with Gasteiger partial charge in [0.1, 0.15) is 5.37 Å². The van der Waals surface area contributed by atoms with E-state index in [0.717, 1.165) is 23.4 Å². The van der Waals surface area contributed by atoms with Crippen LogP contribution in [0.4, 0.5) is 13.2 Å². The molecule has 0 bridgehead atoms. The monoisotopic (exact) mass is 303 g/mol. The first-order chi connectivity index (χ1) is 9.30. The highest BCUT2D eigenvalue weighted by Crippen LogP contribution is 2.39. The van der Waals surface area contributed by atoms with Crippen LogP contribution in [0, 0.1) is 5.92 Å². The van der Waals surface area contributed by atoms with Crippen LogP contribution in [-0.4, -0.2) is 23.1 Å². The third-order valence-electron chi connectivity index (χ3n) is 3.19. The molecule has 0 spiro atoms. The molecule has 0 aromatic heterocycles. The molecule has 1 amide bonds. The maximum absolute atomic E-state index is 12.5. The Balaban J connectivity index is 2.20. The highest BCUT2D eigenvalue weighted by molar-refractivity contribution is 7.99. The zero-order valence-corrected chi connectivity index (χ0v) is 12.1. The van der Waals surface area contributed by atoms with Gasteiger partial charge in [0, 0.05) is 18.2 Å². The fourth-order valence-electron chi connectivity index (χ4n) is 2.14. The van der Waals surface area contributed by atoms with E-state index in [-0.39, 0.29) is 17.2 Å². The van der Waals surface area contributed by atoms with Crippen molar-refractivity contribution in [2.45, 2.75) is 25.4 Å². The van der Waals surface area contributed by atoms with E-state index in [0.29, 0.717) is 6.54 Å². The van der Waals surface area contributed by atoms with Gasteiger partial charge in [0.05, 0.1) is 5.56 Å². The molecule has 110 valence electrons.